The Bertz CT molecular complexity index is 802. The number of halogens is 2. The van der Waals surface area contributed by atoms with E-state index in [0.717, 1.165) is 54.1 Å². The Balaban J connectivity index is 1.70. The van der Waals surface area contributed by atoms with E-state index in [1.807, 2.05) is 53.4 Å². The van der Waals surface area contributed by atoms with Gasteiger partial charge in [-0.25, -0.2) is 0 Å². The molecule has 0 bridgehead atoms. The standard InChI is InChI=1S/C21H21Cl2NOS/c22-16-9-7-15(8-10-16)21(11-3-4-12-21)20(25)24-13-14-26-19(24)17-5-1-2-6-18(17)23/h1-2,5-10,19H,3-4,11-14H2. The summed E-state index contributed by atoms with van der Waals surface area (Å²) in [7, 11) is 0. The number of nitrogens with zero attached hydrogens (tertiary/aromatic N) is 1. The zero-order valence-corrected chi connectivity index (χ0v) is 16.8. The van der Waals surface area contributed by atoms with Crippen LogP contribution in [0.25, 0.3) is 0 Å². The third kappa shape index (κ3) is 3.15. The van der Waals surface area contributed by atoms with Gasteiger partial charge in [0.1, 0.15) is 5.37 Å². The van der Waals surface area contributed by atoms with Crippen LogP contribution >= 0.6 is 35.0 Å². The van der Waals surface area contributed by atoms with Crippen LogP contribution in [0.3, 0.4) is 0 Å². The molecule has 0 aromatic heterocycles. The molecular weight excluding hydrogens is 385 g/mol. The molecule has 1 saturated carbocycles. The second-order valence-corrected chi connectivity index (χ2v) is 9.07. The molecule has 0 N–H and O–H groups in total. The predicted octanol–water partition coefficient (Wildman–Crippen LogP) is 6.08. The Labute approximate surface area is 168 Å². The smallest absolute Gasteiger partial charge is 0.234 e. The summed E-state index contributed by atoms with van der Waals surface area (Å²) in [6.45, 7) is 0.773. The minimum atomic E-state index is -0.422. The first-order chi connectivity index (χ1) is 12.6. The van der Waals surface area contributed by atoms with Crippen molar-refractivity contribution in [3.63, 3.8) is 0 Å². The van der Waals surface area contributed by atoms with Crippen molar-refractivity contribution < 1.29 is 4.79 Å². The molecular formula is C21H21Cl2NOS. The SMILES string of the molecule is O=C(N1CCSC1c1ccccc1Cl)C1(c2ccc(Cl)cc2)CCCC1. The Kier molecular flexibility index (Phi) is 5.22. The summed E-state index contributed by atoms with van der Waals surface area (Å²) in [5, 5.41) is 1.44. The molecule has 136 valence electrons. The average molecular weight is 406 g/mol. The molecule has 4 rings (SSSR count). The van der Waals surface area contributed by atoms with Crippen LogP contribution in [-0.4, -0.2) is 23.1 Å². The van der Waals surface area contributed by atoms with E-state index >= 15 is 0 Å². The van der Waals surface area contributed by atoms with Gasteiger partial charge in [-0.3, -0.25) is 4.79 Å². The van der Waals surface area contributed by atoms with Gasteiger partial charge in [0.05, 0.1) is 5.41 Å². The van der Waals surface area contributed by atoms with Gasteiger partial charge < -0.3 is 4.90 Å². The number of carbonyl (C=O) groups excluding carboxylic acids is 1. The first kappa shape index (κ1) is 18.2. The van der Waals surface area contributed by atoms with Crippen LogP contribution in [0.5, 0.6) is 0 Å². The second-order valence-electron chi connectivity index (χ2n) is 7.04. The number of rotatable bonds is 3. The lowest BCUT2D eigenvalue weighted by molar-refractivity contribution is -0.137. The number of hydrogen-bond acceptors (Lipinski definition) is 2. The molecule has 0 spiro atoms. The van der Waals surface area contributed by atoms with Gasteiger partial charge in [-0.15, -0.1) is 11.8 Å². The van der Waals surface area contributed by atoms with E-state index in [9.17, 15) is 4.79 Å². The molecule has 1 saturated heterocycles. The Hall–Kier alpha value is -1.16. The highest BCUT2D eigenvalue weighted by Crippen LogP contribution is 2.48. The Morgan fingerprint density at radius 3 is 2.42 bits per heavy atom. The van der Waals surface area contributed by atoms with Crippen molar-refractivity contribution in [1.29, 1.82) is 0 Å². The van der Waals surface area contributed by atoms with E-state index in [2.05, 4.69) is 0 Å². The molecule has 1 aliphatic heterocycles. The summed E-state index contributed by atoms with van der Waals surface area (Å²) >= 11 is 14.3. The molecule has 2 fully saturated rings. The number of benzene rings is 2. The molecule has 2 nitrogen and oxygen atoms in total. The number of carbonyl (C=O) groups is 1. The fraction of sp³-hybridized carbons (Fsp3) is 0.381. The normalized spacial score (nSPS) is 21.9. The Morgan fingerprint density at radius 1 is 1.04 bits per heavy atom. The topological polar surface area (TPSA) is 20.3 Å². The van der Waals surface area contributed by atoms with E-state index < -0.39 is 5.41 Å². The van der Waals surface area contributed by atoms with Crippen molar-refractivity contribution >= 4 is 40.9 Å². The number of amides is 1. The summed E-state index contributed by atoms with van der Waals surface area (Å²) in [5.41, 5.74) is 1.71. The lowest BCUT2D eigenvalue weighted by Gasteiger charge is -2.35. The molecule has 5 heteroatoms. The minimum Gasteiger partial charge on any atom is -0.325 e. The summed E-state index contributed by atoms with van der Waals surface area (Å²) in [5.74, 6) is 1.19. The van der Waals surface area contributed by atoms with Crippen LogP contribution in [0.15, 0.2) is 48.5 Å². The summed E-state index contributed by atoms with van der Waals surface area (Å²) < 4.78 is 0. The van der Waals surface area contributed by atoms with Gasteiger partial charge in [0.25, 0.3) is 0 Å². The average Bonchev–Trinajstić information content (AvgIpc) is 3.32. The third-order valence-electron chi connectivity index (χ3n) is 5.59. The van der Waals surface area contributed by atoms with E-state index in [-0.39, 0.29) is 11.3 Å². The molecule has 2 aliphatic rings. The van der Waals surface area contributed by atoms with Crippen molar-refractivity contribution in [3.05, 3.63) is 69.7 Å². The Morgan fingerprint density at radius 2 is 1.73 bits per heavy atom. The van der Waals surface area contributed by atoms with Crippen molar-refractivity contribution in [2.45, 2.75) is 36.5 Å². The summed E-state index contributed by atoms with van der Waals surface area (Å²) in [4.78, 5) is 15.8. The van der Waals surface area contributed by atoms with E-state index in [4.69, 9.17) is 23.2 Å². The molecule has 1 atom stereocenters. The largest absolute Gasteiger partial charge is 0.325 e. The van der Waals surface area contributed by atoms with Gasteiger partial charge in [0, 0.05) is 27.9 Å². The highest BCUT2D eigenvalue weighted by Gasteiger charge is 2.47. The van der Waals surface area contributed by atoms with Gasteiger partial charge in [-0.2, -0.15) is 0 Å². The van der Waals surface area contributed by atoms with Gasteiger partial charge in [-0.1, -0.05) is 66.4 Å². The molecule has 0 radical (unpaired) electrons. The number of thioether (sulfide) groups is 1. The molecule has 1 unspecified atom stereocenters. The first-order valence-corrected chi connectivity index (χ1v) is 10.9. The second kappa shape index (κ2) is 7.46. The molecule has 1 aliphatic carbocycles. The van der Waals surface area contributed by atoms with Crippen LogP contribution in [0, 0.1) is 0 Å². The maximum absolute atomic E-state index is 13.8. The van der Waals surface area contributed by atoms with Crippen molar-refractivity contribution in [2.75, 3.05) is 12.3 Å². The number of hydrogen-bond donors (Lipinski definition) is 0. The fourth-order valence-electron chi connectivity index (χ4n) is 4.26. The molecule has 2 aromatic carbocycles. The van der Waals surface area contributed by atoms with Crippen LogP contribution in [0.4, 0.5) is 0 Å². The van der Waals surface area contributed by atoms with Crippen LogP contribution < -0.4 is 0 Å². The molecule has 2 aromatic rings. The fourth-order valence-corrected chi connectivity index (χ4v) is 5.98. The van der Waals surface area contributed by atoms with Gasteiger partial charge in [0.2, 0.25) is 5.91 Å². The van der Waals surface area contributed by atoms with Crippen LogP contribution in [0.1, 0.15) is 42.2 Å². The van der Waals surface area contributed by atoms with Gasteiger partial charge >= 0.3 is 0 Å². The lowest BCUT2D eigenvalue weighted by Crippen LogP contribution is -2.45. The molecule has 1 heterocycles. The highest BCUT2D eigenvalue weighted by molar-refractivity contribution is 7.99. The van der Waals surface area contributed by atoms with Gasteiger partial charge in [-0.05, 0) is 36.6 Å². The van der Waals surface area contributed by atoms with E-state index in [1.165, 1.54) is 0 Å². The van der Waals surface area contributed by atoms with Crippen molar-refractivity contribution in [2.24, 2.45) is 0 Å². The van der Waals surface area contributed by atoms with Crippen molar-refractivity contribution in [1.82, 2.24) is 4.90 Å². The lowest BCUT2D eigenvalue weighted by atomic mass is 9.77. The maximum atomic E-state index is 13.8. The molecule has 26 heavy (non-hydrogen) atoms. The quantitative estimate of drug-likeness (QED) is 0.616. The zero-order chi connectivity index (χ0) is 18.1. The van der Waals surface area contributed by atoms with Crippen molar-refractivity contribution in [3.8, 4) is 0 Å². The van der Waals surface area contributed by atoms with Crippen LogP contribution in [0.2, 0.25) is 10.0 Å². The predicted molar refractivity (Wildman–Crippen MR) is 110 cm³/mol. The summed E-state index contributed by atoms with van der Waals surface area (Å²) in [6.07, 6.45) is 3.99. The monoisotopic (exact) mass is 405 g/mol. The first-order valence-electron chi connectivity index (χ1n) is 9.05. The van der Waals surface area contributed by atoms with E-state index in [1.54, 1.807) is 11.8 Å². The third-order valence-corrected chi connectivity index (χ3v) is 7.43. The van der Waals surface area contributed by atoms with E-state index in [0.29, 0.717) is 5.02 Å². The van der Waals surface area contributed by atoms with Gasteiger partial charge in [0.15, 0.2) is 0 Å². The molecule has 1 amide bonds. The zero-order valence-electron chi connectivity index (χ0n) is 14.5. The van der Waals surface area contributed by atoms with Crippen LogP contribution in [-0.2, 0) is 10.2 Å². The summed E-state index contributed by atoms with van der Waals surface area (Å²) in [6, 6.07) is 15.7. The maximum Gasteiger partial charge on any atom is 0.234 e. The highest BCUT2D eigenvalue weighted by atomic mass is 35.5. The minimum absolute atomic E-state index is 0.000903.